The second-order valence-electron chi connectivity index (χ2n) is 5.96. The predicted molar refractivity (Wildman–Crippen MR) is 96.5 cm³/mol. The summed E-state index contributed by atoms with van der Waals surface area (Å²) in [5.74, 6) is 0.518. The molecule has 9 nitrogen and oxygen atoms in total. The number of benzene rings is 1. The minimum absolute atomic E-state index is 0.132. The molecular formula is C17H16ClN5O4. The van der Waals surface area contributed by atoms with E-state index in [0.29, 0.717) is 16.5 Å². The monoisotopic (exact) mass is 389 g/mol. The van der Waals surface area contributed by atoms with Gasteiger partial charge in [0, 0.05) is 17.9 Å². The van der Waals surface area contributed by atoms with Crippen LogP contribution in [0.1, 0.15) is 18.5 Å². The average molecular weight is 390 g/mol. The van der Waals surface area contributed by atoms with E-state index in [1.807, 2.05) is 6.07 Å². The number of aliphatic hydroxyl groups is 2. The van der Waals surface area contributed by atoms with Crippen LogP contribution in [-0.4, -0.2) is 44.5 Å². The number of anilines is 2. The molecule has 0 radical (unpaired) electrons. The van der Waals surface area contributed by atoms with Crippen LogP contribution in [0, 0.1) is 11.3 Å². The Morgan fingerprint density at radius 3 is 2.59 bits per heavy atom. The number of aromatic nitrogens is 2. The first-order valence-electron chi connectivity index (χ1n) is 8.07. The molecule has 4 N–H and O–H groups in total. The Balaban J connectivity index is 1.68. The maximum absolute atomic E-state index is 12.2. The van der Waals surface area contributed by atoms with Crippen LogP contribution in [0.5, 0.6) is 5.75 Å². The van der Waals surface area contributed by atoms with Crippen LogP contribution < -0.4 is 15.4 Å². The van der Waals surface area contributed by atoms with E-state index >= 15 is 0 Å². The summed E-state index contributed by atoms with van der Waals surface area (Å²) in [5.41, 5.74) is 0.449. The largest absolute Gasteiger partial charge is 0.488 e. The van der Waals surface area contributed by atoms with Crippen molar-refractivity contribution >= 4 is 29.1 Å². The highest BCUT2D eigenvalue weighted by Gasteiger charge is 2.33. The lowest BCUT2D eigenvalue weighted by Crippen LogP contribution is -2.21. The highest BCUT2D eigenvalue weighted by molar-refractivity contribution is 6.31. The topological polar surface area (TPSA) is 140 Å². The number of carbonyl (C=O) groups is 1. The number of nitriles is 1. The summed E-state index contributed by atoms with van der Waals surface area (Å²) >= 11 is 6.00. The molecule has 1 aromatic carbocycles. The SMILES string of the molecule is N#Cc1cnc(NC(=O)Nc2cc(Cl)ccc2OC2C[C@@H](O)[C@@H](O)C2)cn1. The normalized spacial score (nSPS) is 21.3. The van der Waals surface area contributed by atoms with E-state index in [-0.39, 0.29) is 30.5 Å². The molecule has 3 atom stereocenters. The first-order valence-corrected chi connectivity index (χ1v) is 8.45. The smallest absolute Gasteiger partial charge is 0.325 e. The van der Waals surface area contributed by atoms with Crippen molar-refractivity contribution in [1.29, 1.82) is 5.26 Å². The van der Waals surface area contributed by atoms with E-state index in [1.54, 1.807) is 12.1 Å². The lowest BCUT2D eigenvalue weighted by molar-refractivity contribution is 0.0438. The summed E-state index contributed by atoms with van der Waals surface area (Å²) < 4.78 is 5.80. The van der Waals surface area contributed by atoms with Crippen molar-refractivity contribution in [2.75, 3.05) is 10.6 Å². The highest BCUT2D eigenvalue weighted by Crippen LogP contribution is 2.32. The molecule has 0 bridgehead atoms. The number of aliphatic hydroxyl groups excluding tert-OH is 2. The van der Waals surface area contributed by atoms with Gasteiger partial charge in [-0.1, -0.05) is 11.6 Å². The fourth-order valence-corrected chi connectivity index (χ4v) is 2.82. The van der Waals surface area contributed by atoms with Crippen molar-refractivity contribution in [3.63, 3.8) is 0 Å². The van der Waals surface area contributed by atoms with E-state index in [0.717, 1.165) is 0 Å². The van der Waals surface area contributed by atoms with E-state index in [2.05, 4.69) is 20.6 Å². The summed E-state index contributed by atoms with van der Waals surface area (Å²) in [7, 11) is 0. The van der Waals surface area contributed by atoms with Gasteiger partial charge in [-0.05, 0) is 18.2 Å². The third-order valence-electron chi connectivity index (χ3n) is 3.94. The van der Waals surface area contributed by atoms with Gasteiger partial charge in [-0.3, -0.25) is 5.32 Å². The van der Waals surface area contributed by atoms with Crippen molar-refractivity contribution in [3.8, 4) is 11.8 Å². The van der Waals surface area contributed by atoms with Crippen molar-refractivity contribution in [2.45, 2.75) is 31.2 Å². The minimum Gasteiger partial charge on any atom is -0.488 e. The maximum Gasteiger partial charge on any atom is 0.325 e. The Morgan fingerprint density at radius 1 is 1.22 bits per heavy atom. The van der Waals surface area contributed by atoms with Crippen LogP contribution in [-0.2, 0) is 0 Å². The molecule has 1 fully saturated rings. The van der Waals surface area contributed by atoms with Gasteiger partial charge in [-0.25, -0.2) is 14.8 Å². The molecule has 0 aliphatic heterocycles. The lowest BCUT2D eigenvalue weighted by Gasteiger charge is -2.17. The number of nitrogens with zero attached hydrogens (tertiary/aromatic N) is 3. The maximum atomic E-state index is 12.2. The molecule has 0 spiro atoms. The number of urea groups is 1. The number of carbonyl (C=O) groups excluding carboxylic acids is 1. The molecule has 1 aliphatic rings. The Morgan fingerprint density at radius 2 is 1.96 bits per heavy atom. The molecule has 27 heavy (non-hydrogen) atoms. The molecule has 1 saturated carbocycles. The Bertz CT molecular complexity index is 861. The van der Waals surface area contributed by atoms with Crippen molar-refractivity contribution in [2.24, 2.45) is 0 Å². The number of rotatable bonds is 4. The van der Waals surface area contributed by atoms with E-state index in [9.17, 15) is 15.0 Å². The van der Waals surface area contributed by atoms with Gasteiger partial charge >= 0.3 is 6.03 Å². The van der Waals surface area contributed by atoms with Gasteiger partial charge in [-0.15, -0.1) is 0 Å². The standard InChI is InChI=1S/C17H16ClN5O4/c18-9-1-2-15(27-11-4-13(24)14(25)5-11)12(3-9)22-17(26)23-16-8-20-10(6-19)7-21-16/h1-3,7-8,11,13-14,24-25H,4-5H2,(H2,21,22,23,26)/t11?,13-,14+. The van der Waals surface area contributed by atoms with Crippen molar-refractivity contribution < 1.29 is 19.7 Å². The van der Waals surface area contributed by atoms with Gasteiger partial charge in [0.25, 0.3) is 0 Å². The lowest BCUT2D eigenvalue weighted by atomic mass is 10.2. The molecule has 1 unspecified atom stereocenters. The zero-order valence-corrected chi connectivity index (χ0v) is 14.7. The van der Waals surface area contributed by atoms with Gasteiger partial charge in [0.2, 0.25) is 0 Å². The molecule has 1 aromatic heterocycles. The molecule has 2 amide bonds. The van der Waals surface area contributed by atoms with Crippen LogP contribution in [0.25, 0.3) is 0 Å². The fourth-order valence-electron chi connectivity index (χ4n) is 2.65. The average Bonchev–Trinajstić information content (AvgIpc) is 2.95. The molecule has 1 aliphatic carbocycles. The Hall–Kier alpha value is -2.93. The molecule has 3 rings (SSSR count). The van der Waals surface area contributed by atoms with Gasteiger partial charge in [0.05, 0.1) is 30.3 Å². The summed E-state index contributed by atoms with van der Waals surface area (Å²) in [6, 6.07) is 5.94. The van der Waals surface area contributed by atoms with Gasteiger partial charge in [0.15, 0.2) is 11.5 Å². The molecule has 140 valence electrons. The summed E-state index contributed by atoms with van der Waals surface area (Å²) in [6.07, 6.45) is 1.01. The Labute approximate surface area is 159 Å². The zero-order chi connectivity index (χ0) is 19.4. The highest BCUT2D eigenvalue weighted by atomic mass is 35.5. The molecule has 2 aromatic rings. The van der Waals surface area contributed by atoms with Crippen molar-refractivity contribution in [3.05, 3.63) is 41.3 Å². The fraction of sp³-hybridized carbons (Fsp3) is 0.294. The van der Waals surface area contributed by atoms with E-state index in [4.69, 9.17) is 21.6 Å². The minimum atomic E-state index is -0.836. The number of nitrogens with one attached hydrogen (secondary N) is 2. The van der Waals surface area contributed by atoms with Gasteiger partial charge < -0.3 is 20.3 Å². The van der Waals surface area contributed by atoms with E-state index < -0.39 is 18.2 Å². The second kappa shape index (κ2) is 8.18. The third-order valence-corrected chi connectivity index (χ3v) is 4.18. The van der Waals surface area contributed by atoms with Gasteiger partial charge in [0.1, 0.15) is 17.9 Å². The third kappa shape index (κ3) is 4.83. The summed E-state index contributed by atoms with van der Waals surface area (Å²) in [4.78, 5) is 19.9. The van der Waals surface area contributed by atoms with Crippen molar-refractivity contribution in [1.82, 2.24) is 9.97 Å². The number of halogens is 1. The number of ether oxygens (including phenoxy) is 1. The van der Waals surface area contributed by atoms with Crippen LogP contribution >= 0.6 is 11.6 Å². The van der Waals surface area contributed by atoms with Crippen LogP contribution in [0.15, 0.2) is 30.6 Å². The van der Waals surface area contributed by atoms with Crippen LogP contribution in [0.2, 0.25) is 5.02 Å². The van der Waals surface area contributed by atoms with Crippen LogP contribution in [0.4, 0.5) is 16.3 Å². The summed E-state index contributed by atoms with van der Waals surface area (Å²) in [5, 5.41) is 33.5. The quantitative estimate of drug-likeness (QED) is 0.625. The molecule has 10 heteroatoms. The summed E-state index contributed by atoms with van der Waals surface area (Å²) in [6.45, 7) is 0. The molecular weight excluding hydrogens is 374 g/mol. The first kappa shape index (κ1) is 18.8. The van der Waals surface area contributed by atoms with E-state index in [1.165, 1.54) is 18.5 Å². The number of hydrogen-bond acceptors (Lipinski definition) is 7. The number of amides is 2. The first-order chi connectivity index (χ1) is 12.9. The van der Waals surface area contributed by atoms with Crippen LogP contribution in [0.3, 0.4) is 0 Å². The van der Waals surface area contributed by atoms with Gasteiger partial charge in [-0.2, -0.15) is 5.26 Å². The number of hydrogen-bond donors (Lipinski definition) is 4. The molecule has 0 saturated heterocycles. The predicted octanol–water partition coefficient (Wildman–Crippen LogP) is 1.91. The second-order valence-corrected chi connectivity index (χ2v) is 6.40. The zero-order valence-electron chi connectivity index (χ0n) is 14.0. The molecule has 1 heterocycles. The Kier molecular flexibility index (Phi) is 5.71.